The van der Waals surface area contributed by atoms with Gasteiger partial charge in [-0.3, -0.25) is 4.21 Å². The van der Waals surface area contributed by atoms with Crippen molar-refractivity contribution in [3.05, 3.63) is 78.4 Å². The first-order valence-electron chi connectivity index (χ1n) is 6.35. The van der Waals surface area contributed by atoms with Gasteiger partial charge in [-0.05, 0) is 31.0 Å². The van der Waals surface area contributed by atoms with Crippen LogP contribution in [0.5, 0.6) is 0 Å². The van der Waals surface area contributed by atoms with E-state index in [4.69, 9.17) is 0 Å². The average Bonchev–Trinajstić information content (AvgIpc) is 2.46. The number of aryl methyl sites for hydroxylation is 1. The monoisotopic (exact) mass is 270 g/mol. The van der Waals surface area contributed by atoms with Gasteiger partial charge in [0.25, 0.3) is 0 Å². The number of benzene rings is 2. The number of hydrogen-bond acceptors (Lipinski definition) is 1. The first-order chi connectivity index (χ1) is 9.22. The van der Waals surface area contributed by atoms with Crippen LogP contribution < -0.4 is 0 Å². The zero-order chi connectivity index (χ0) is 13.7. The number of allylic oxidation sites excluding steroid dienone is 1. The molecule has 0 aliphatic carbocycles. The molecule has 98 valence electrons. The zero-order valence-electron chi connectivity index (χ0n) is 11.1. The molecule has 19 heavy (non-hydrogen) atoms. The van der Waals surface area contributed by atoms with E-state index >= 15 is 0 Å². The predicted octanol–water partition coefficient (Wildman–Crippen LogP) is 4.42. The van der Waals surface area contributed by atoms with Gasteiger partial charge >= 0.3 is 0 Å². The minimum Gasteiger partial charge on any atom is -0.254 e. The minimum absolute atomic E-state index is 0.0265. The van der Waals surface area contributed by atoms with Crippen LogP contribution in [0.25, 0.3) is 0 Å². The van der Waals surface area contributed by atoms with Crippen molar-refractivity contribution >= 4 is 10.8 Å². The molecule has 2 unspecified atom stereocenters. The third kappa shape index (κ3) is 3.42. The molecule has 0 amide bonds. The second kappa shape index (κ2) is 6.48. The van der Waals surface area contributed by atoms with E-state index in [0.717, 1.165) is 10.5 Å². The van der Waals surface area contributed by atoms with Gasteiger partial charge in [0.2, 0.25) is 0 Å². The summed E-state index contributed by atoms with van der Waals surface area (Å²) in [6, 6.07) is 17.9. The summed E-state index contributed by atoms with van der Waals surface area (Å²) < 4.78 is 12.7. The van der Waals surface area contributed by atoms with Crippen molar-refractivity contribution in [2.75, 3.05) is 0 Å². The Balaban J connectivity index is 2.31. The lowest BCUT2D eigenvalue weighted by molar-refractivity contribution is 0.672. The van der Waals surface area contributed by atoms with Crippen molar-refractivity contribution in [1.82, 2.24) is 0 Å². The Kier molecular flexibility index (Phi) is 4.69. The predicted molar refractivity (Wildman–Crippen MR) is 81.6 cm³/mol. The second-order valence-electron chi connectivity index (χ2n) is 4.53. The van der Waals surface area contributed by atoms with Crippen molar-refractivity contribution in [3.8, 4) is 0 Å². The van der Waals surface area contributed by atoms with E-state index in [-0.39, 0.29) is 5.25 Å². The summed E-state index contributed by atoms with van der Waals surface area (Å²) in [5, 5.41) is -0.0265. The lowest BCUT2D eigenvalue weighted by Gasteiger charge is -2.15. The maximum Gasteiger partial charge on any atom is 0.0678 e. The Bertz CT molecular complexity index is 558. The van der Waals surface area contributed by atoms with E-state index in [9.17, 15) is 4.21 Å². The van der Waals surface area contributed by atoms with Crippen LogP contribution in [0.15, 0.2) is 72.1 Å². The van der Waals surface area contributed by atoms with Crippen molar-refractivity contribution < 1.29 is 4.21 Å². The Labute approximate surface area is 117 Å². The van der Waals surface area contributed by atoms with Crippen molar-refractivity contribution in [3.63, 3.8) is 0 Å². The highest BCUT2D eigenvalue weighted by atomic mass is 32.2. The Hall–Kier alpha value is -1.67. The second-order valence-corrected chi connectivity index (χ2v) is 6.17. The molecule has 0 aliphatic rings. The molecule has 0 radical (unpaired) electrons. The fourth-order valence-electron chi connectivity index (χ4n) is 2.00. The summed E-state index contributed by atoms with van der Waals surface area (Å²) in [5.74, 6) is 0. The third-order valence-electron chi connectivity index (χ3n) is 3.06. The first kappa shape index (κ1) is 13.8. The van der Waals surface area contributed by atoms with Crippen molar-refractivity contribution in [2.45, 2.75) is 23.5 Å². The number of hydrogen-bond donors (Lipinski definition) is 0. The van der Waals surface area contributed by atoms with E-state index in [1.807, 2.05) is 67.6 Å². The van der Waals surface area contributed by atoms with Crippen LogP contribution in [-0.2, 0) is 10.8 Å². The van der Waals surface area contributed by atoms with E-state index in [1.54, 1.807) is 0 Å². The van der Waals surface area contributed by atoms with Crippen LogP contribution in [-0.4, -0.2) is 4.21 Å². The molecule has 0 bridgehead atoms. The Morgan fingerprint density at radius 2 is 1.74 bits per heavy atom. The van der Waals surface area contributed by atoms with Gasteiger partial charge in [-0.2, -0.15) is 0 Å². The van der Waals surface area contributed by atoms with Gasteiger partial charge in [-0.1, -0.05) is 54.1 Å². The maximum atomic E-state index is 12.7. The molecular weight excluding hydrogens is 252 g/mol. The normalized spacial score (nSPS) is 13.7. The molecule has 1 nitrogen and oxygen atoms in total. The van der Waals surface area contributed by atoms with Crippen LogP contribution in [0.3, 0.4) is 0 Å². The highest BCUT2D eigenvalue weighted by molar-refractivity contribution is 7.85. The third-order valence-corrected chi connectivity index (χ3v) is 4.78. The average molecular weight is 270 g/mol. The lowest BCUT2D eigenvalue weighted by atomic mass is 10.1. The SMILES string of the molecule is C=CCC(c1ccccc1)S(=O)c1ccc(C)cc1. The molecule has 0 saturated heterocycles. The van der Waals surface area contributed by atoms with E-state index in [0.29, 0.717) is 6.42 Å². The largest absolute Gasteiger partial charge is 0.254 e. The molecule has 2 aromatic carbocycles. The molecule has 0 N–H and O–H groups in total. The lowest BCUT2D eigenvalue weighted by Crippen LogP contribution is -2.06. The van der Waals surface area contributed by atoms with Crippen molar-refractivity contribution in [1.29, 1.82) is 0 Å². The molecule has 0 heterocycles. The molecule has 0 fully saturated rings. The molecule has 0 aromatic heterocycles. The Morgan fingerprint density at radius 3 is 2.32 bits per heavy atom. The van der Waals surface area contributed by atoms with Crippen molar-refractivity contribution in [2.24, 2.45) is 0 Å². The highest BCUT2D eigenvalue weighted by Crippen LogP contribution is 2.28. The molecule has 0 aliphatic heterocycles. The summed E-state index contributed by atoms with van der Waals surface area (Å²) in [6.07, 6.45) is 2.55. The molecular formula is C17H18OS. The van der Waals surface area contributed by atoms with Gasteiger partial charge in [0.05, 0.1) is 16.0 Å². The van der Waals surface area contributed by atoms with Crippen LogP contribution in [0.2, 0.25) is 0 Å². The van der Waals surface area contributed by atoms with Gasteiger partial charge in [0.1, 0.15) is 0 Å². The van der Waals surface area contributed by atoms with E-state index < -0.39 is 10.8 Å². The summed E-state index contributed by atoms with van der Waals surface area (Å²) >= 11 is 0. The topological polar surface area (TPSA) is 17.1 Å². The van der Waals surface area contributed by atoms with Gasteiger partial charge in [-0.15, -0.1) is 6.58 Å². The van der Waals surface area contributed by atoms with Crippen LogP contribution >= 0.6 is 0 Å². The summed E-state index contributed by atoms with van der Waals surface area (Å²) in [6.45, 7) is 5.81. The first-order valence-corrected chi connectivity index (χ1v) is 7.56. The summed E-state index contributed by atoms with van der Waals surface area (Å²) in [7, 11) is -1.05. The fourth-order valence-corrected chi connectivity index (χ4v) is 3.45. The molecule has 2 atom stereocenters. The fraction of sp³-hybridized carbons (Fsp3) is 0.176. The number of rotatable bonds is 5. The van der Waals surface area contributed by atoms with Gasteiger partial charge in [0, 0.05) is 4.90 Å². The highest BCUT2D eigenvalue weighted by Gasteiger charge is 2.18. The van der Waals surface area contributed by atoms with Crippen LogP contribution in [0, 0.1) is 6.92 Å². The molecule has 0 spiro atoms. The zero-order valence-corrected chi connectivity index (χ0v) is 11.9. The Morgan fingerprint density at radius 1 is 1.11 bits per heavy atom. The maximum absolute atomic E-state index is 12.7. The van der Waals surface area contributed by atoms with E-state index in [1.165, 1.54) is 5.56 Å². The molecule has 0 saturated carbocycles. The van der Waals surface area contributed by atoms with Gasteiger partial charge in [0.15, 0.2) is 0 Å². The van der Waals surface area contributed by atoms with Crippen LogP contribution in [0.4, 0.5) is 0 Å². The molecule has 2 heteroatoms. The van der Waals surface area contributed by atoms with Crippen LogP contribution in [0.1, 0.15) is 22.8 Å². The van der Waals surface area contributed by atoms with Gasteiger partial charge < -0.3 is 0 Å². The molecule has 2 aromatic rings. The van der Waals surface area contributed by atoms with E-state index in [2.05, 4.69) is 6.58 Å². The summed E-state index contributed by atoms with van der Waals surface area (Å²) in [4.78, 5) is 0.876. The molecule has 2 rings (SSSR count). The standard InChI is InChI=1S/C17H18OS/c1-3-7-17(15-8-5-4-6-9-15)19(18)16-12-10-14(2)11-13-16/h3-6,8-13,17H,1,7H2,2H3. The quantitative estimate of drug-likeness (QED) is 0.735. The smallest absolute Gasteiger partial charge is 0.0678 e. The van der Waals surface area contributed by atoms with Gasteiger partial charge in [-0.25, -0.2) is 0 Å². The summed E-state index contributed by atoms with van der Waals surface area (Å²) in [5.41, 5.74) is 2.28. The minimum atomic E-state index is -1.05.